The van der Waals surface area contributed by atoms with Gasteiger partial charge in [0.25, 0.3) is 0 Å². The summed E-state index contributed by atoms with van der Waals surface area (Å²) in [6.07, 6.45) is 0. The molecule has 0 saturated carbocycles. The summed E-state index contributed by atoms with van der Waals surface area (Å²) in [5, 5.41) is 0. The van der Waals surface area contributed by atoms with Gasteiger partial charge in [-0.15, -0.1) is 0 Å². The Morgan fingerprint density at radius 2 is 1.12 bits per heavy atom. The van der Waals surface area contributed by atoms with Crippen molar-refractivity contribution >= 4 is 8.60 Å². The normalized spacial score (nSPS) is 9.00. The number of rotatable bonds is 3. The standard InChI is InChI=1S/C3H9O3P.Au/c1-4-7(5-2)6-3;/h1-3H3;. The molecule has 0 aliphatic heterocycles. The minimum atomic E-state index is -1.05. The summed E-state index contributed by atoms with van der Waals surface area (Å²) < 4.78 is 14.0. The smallest absolute Gasteiger partial charge is 0.316 e. The summed E-state index contributed by atoms with van der Waals surface area (Å²) in [4.78, 5) is 0. The Kier molecular flexibility index (Phi) is 11.9. The van der Waals surface area contributed by atoms with E-state index >= 15 is 0 Å². The van der Waals surface area contributed by atoms with Crippen LogP contribution in [0.25, 0.3) is 0 Å². The summed E-state index contributed by atoms with van der Waals surface area (Å²) in [6.45, 7) is 0. The molecule has 3 nitrogen and oxygen atoms in total. The van der Waals surface area contributed by atoms with Gasteiger partial charge in [-0.3, -0.25) is 0 Å². The summed E-state index contributed by atoms with van der Waals surface area (Å²) in [7, 11) is 3.57. The molecule has 0 unspecified atom stereocenters. The molecule has 55 valence electrons. The maximum Gasteiger partial charge on any atom is 0.331 e. The molecule has 0 N–H and O–H groups in total. The fourth-order valence-corrected chi connectivity index (χ4v) is 0.671. The van der Waals surface area contributed by atoms with Crippen LogP contribution in [0.4, 0.5) is 0 Å². The maximum atomic E-state index is 4.67. The molecule has 0 aliphatic carbocycles. The molecule has 0 amide bonds. The summed E-state index contributed by atoms with van der Waals surface area (Å²) in [5.74, 6) is 0. The number of hydrogen-bond acceptors (Lipinski definition) is 3. The van der Waals surface area contributed by atoms with Crippen molar-refractivity contribution in [3.63, 3.8) is 0 Å². The molecule has 5 heteroatoms. The molecule has 0 heterocycles. The van der Waals surface area contributed by atoms with E-state index in [0.29, 0.717) is 0 Å². The van der Waals surface area contributed by atoms with Crippen molar-refractivity contribution in [2.45, 2.75) is 0 Å². The monoisotopic (exact) mass is 321 g/mol. The third-order valence-electron chi connectivity index (χ3n) is 0.447. The van der Waals surface area contributed by atoms with Crippen molar-refractivity contribution in [1.82, 2.24) is 0 Å². The van der Waals surface area contributed by atoms with Gasteiger partial charge in [-0.05, 0) is 0 Å². The van der Waals surface area contributed by atoms with E-state index < -0.39 is 8.60 Å². The first-order valence-corrected chi connectivity index (χ1v) is 2.87. The van der Waals surface area contributed by atoms with Crippen molar-refractivity contribution in [3.8, 4) is 0 Å². The molecular formula is C3H9AuO3P. The van der Waals surface area contributed by atoms with Gasteiger partial charge >= 0.3 is 8.60 Å². The van der Waals surface area contributed by atoms with Crippen molar-refractivity contribution in [2.75, 3.05) is 21.3 Å². The van der Waals surface area contributed by atoms with Gasteiger partial charge in [0, 0.05) is 43.7 Å². The first-order chi connectivity index (χ1) is 3.35. The minimum Gasteiger partial charge on any atom is -0.316 e. The van der Waals surface area contributed by atoms with Gasteiger partial charge < -0.3 is 13.6 Å². The van der Waals surface area contributed by atoms with Crippen molar-refractivity contribution in [1.29, 1.82) is 0 Å². The molecule has 0 aromatic rings. The van der Waals surface area contributed by atoms with Crippen molar-refractivity contribution in [3.05, 3.63) is 0 Å². The van der Waals surface area contributed by atoms with E-state index in [0.717, 1.165) is 0 Å². The average molecular weight is 321 g/mol. The van der Waals surface area contributed by atoms with Gasteiger partial charge in [0.2, 0.25) is 0 Å². The average Bonchev–Trinajstić information content (AvgIpc) is 1.72. The largest absolute Gasteiger partial charge is 0.331 e. The van der Waals surface area contributed by atoms with Crippen LogP contribution in [0.3, 0.4) is 0 Å². The zero-order valence-electron chi connectivity index (χ0n) is 4.97. The molecule has 1 radical (unpaired) electrons. The van der Waals surface area contributed by atoms with E-state index in [1.807, 2.05) is 0 Å². The summed E-state index contributed by atoms with van der Waals surface area (Å²) in [6, 6.07) is 0. The Hall–Kier alpha value is 1.05. The van der Waals surface area contributed by atoms with Gasteiger partial charge in [-0.25, -0.2) is 0 Å². The molecule has 0 atom stereocenters. The predicted octanol–water partition coefficient (Wildman–Crippen LogP) is 1.15. The van der Waals surface area contributed by atoms with Gasteiger partial charge in [0.1, 0.15) is 0 Å². The van der Waals surface area contributed by atoms with Crippen molar-refractivity contribution < 1.29 is 36.0 Å². The quantitative estimate of drug-likeness (QED) is 0.577. The molecule has 0 spiro atoms. The van der Waals surface area contributed by atoms with Crippen LogP contribution in [0.5, 0.6) is 0 Å². The van der Waals surface area contributed by atoms with E-state index in [4.69, 9.17) is 0 Å². The SMILES string of the molecule is COP(OC)OC.[Au]. The first kappa shape index (κ1) is 11.8. The van der Waals surface area contributed by atoms with Crippen LogP contribution in [0.2, 0.25) is 0 Å². The fraction of sp³-hybridized carbons (Fsp3) is 1.00. The third kappa shape index (κ3) is 5.19. The fourth-order valence-electron chi connectivity index (χ4n) is 0.224. The number of hydrogen-bond donors (Lipinski definition) is 0. The molecule has 8 heavy (non-hydrogen) atoms. The van der Waals surface area contributed by atoms with E-state index in [2.05, 4.69) is 13.6 Å². The Morgan fingerprint density at radius 1 is 0.875 bits per heavy atom. The molecule has 0 bridgehead atoms. The third-order valence-corrected chi connectivity index (χ3v) is 1.34. The summed E-state index contributed by atoms with van der Waals surface area (Å²) in [5.41, 5.74) is 0. The maximum absolute atomic E-state index is 4.67. The summed E-state index contributed by atoms with van der Waals surface area (Å²) >= 11 is 0. The van der Waals surface area contributed by atoms with E-state index in [1.165, 1.54) is 0 Å². The van der Waals surface area contributed by atoms with Crippen LogP contribution in [-0.2, 0) is 36.0 Å². The zero-order valence-corrected chi connectivity index (χ0v) is 8.03. The van der Waals surface area contributed by atoms with E-state index in [1.54, 1.807) is 21.3 Å². The molecule has 0 aromatic heterocycles. The van der Waals surface area contributed by atoms with Crippen LogP contribution in [-0.4, -0.2) is 21.3 Å². The Balaban J connectivity index is 0. The van der Waals surface area contributed by atoms with Crippen LogP contribution < -0.4 is 0 Å². The van der Waals surface area contributed by atoms with Gasteiger partial charge in [0.15, 0.2) is 0 Å². The van der Waals surface area contributed by atoms with Crippen LogP contribution in [0.15, 0.2) is 0 Å². The van der Waals surface area contributed by atoms with Gasteiger partial charge in [-0.2, -0.15) is 0 Å². The first-order valence-electron chi connectivity index (χ1n) is 1.77. The molecule has 0 saturated heterocycles. The predicted molar refractivity (Wildman–Crippen MR) is 27.9 cm³/mol. The topological polar surface area (TPSA) is 27.7 Å². The molecular weight excluding hydrogens is 312 g/mol. The molecule has 0 aliphatic rings. The second kappa shape index (κ2) is 8.05. The second-order valence-corrected chi connectivity index (χ2v) is 2.31. The zero-order chi connectivity index (χ0) is 5.70. The van der Waals surface area contributed by atoms with E-state index in [9.17, 15) is 0 Å². The minimum absolute atomic E-state index is 0. The van der Waals surface area contributed by atoms with E-state index in [-0.39, 0.29) is 22.4 Å². The van der Waals surface area contributed by atoms with Crippen LogP contribution in [0.1, 0.15) is 0 Å². The van der Waals surface area contributed by atoms with Crippen LogP contribution >= 0.6 is 8.60 Å². The Labute approximate surface area is 66.2 Å². The molecule has 0 rings (SSSR count). The van der Waals surface area contributed by atoms with Gasteiger partial charge in [0.05, 0.1) is 0 Å². The van der Waals surface area contributed by atoms with Crippen LogP contribution in [0, 0.1) is 0 Å². The second-order valence-electron chi connectivity index (χ2n) is 0.771. The molecule has 0 aromatic carbocycles. The Morgan fingerprint density at radius 3 is 1.12 bits per heavy atom. The van der Waals surface area contributed by atoms with Crippen molar-refractivity contribution in [2.24, 2.45) is 0 Å². The Bertz CT molecular complexity index is 36.0. The molecule has 0 fully saturated rings. The van der Waals surface area contributed by atoms with Gasteiger partial charge in [-0.1, -0.05) is 0 Å².